The molecule has 3 aromatic rings. The van der Waals surface area contributed by atoms with Gasteiger partial charge in [0, 0.05) is 22.6 Å². The quantitative estimate of drug-likeness (QED) is 0.668. The Morgan fingerprint density at radius 1 is 1.04 bits per heavy atom. The largest absolute Gasteiger partial charge is 0.507 e. The minimum absolute atomic E-state index is 0.187. The Balaban J connectivity index is 1.51. The fraction of sp³-hybridized carbons (Fsp3) is 0.278. The van der Waals surface area contributed by atoms with Crippen molar-refractivity contribution in [1.82, 2.24) is 25.7 Å². The lowest BCUT2D eigenvalue weighted by molar-refractivity contribution is 0.477. The Hall–Kier alpha value is -2.38. The van der Waals surface area contributed by atoms with Crippen molar-refractivity contribution < 1.29 is 5.11 Å². The molecule has 0 unspecified atom stereocenters. The smallest absolute Gasteiger partial charge is 0.125 e. The van der Waals surface area contributed by atoms with E-state index in [9.17, 15) is 5.11 Å². The van der Waals surface area contributed by atoms with Gasteiger partial charge in [-0.15, -0.1) is 22.0 Å². The molecule has 1 saturated heterocycles. The molecule has 3 heterocycles. The van der Waals surface area contributed by atoms with E-state index in [0.29, 0.717) is 16.5 Å². The first kappa shape index (κ1) is 16.1. The second-order valence-corrected chi connectivity index (χ2v) is 7.36. The van der Waals surface area contributed by atoms with Gasteiger partial charge < -0.3 is 10.4 Å². The summed E-state index contributed by atoms with van der Waals surface area (Å²) in [4.78, 5) is 0. The van der Waals surface area contributed by atoms with E-state index in [2.05, 4.69) is 25.7 Å². The number of aromatic amines is 1. The van der Waals surface area contributed by atoms with E-state index in [1.165, 1.54) is 0 Å². The fourth-order valence-corrected chi connectivity index (χ4v) is 3.99. The number of nitrogens with one attached hydrogen (secondary N) is 2. The molecule has 25 heavy (non-hydrogen) atoms. The summed E-state index contributed by atoms with van der Waals surface area (Å²) in [6.07, 6.45) is 5.83. The molecule has 0 amide bonds. The van der Waals surface area contributed by atoms with Crippen LogP contribution >= 0.6 is 11.8 Å². The second-order valence-electron chi connectivity index (χ2n) is 6.04. The van der Waals surface area contributed by atoms with Gasteiger partial charge in [0.05, 0.1) is 11.9 Å². The third-order valence-corrected chi connectivity index (χ3v) is 5.58. The predicted octanol–water partition coefficient (Wildman–Crippen LogP) is 3.08. The summed E-state index contributed by atoms with van der Waals surface area (Å²) in [5.41, 5.74) is 3.19. The van der Waals surface area contributed by atoms with E-state index in [1.54, 1.807) is 30.2 Å². The number of piperidine rings is 1. The minimum Gasteiger partial charge on any atom is -0.507 e. The van der Waals surface area contributed by atoms with Gasteiger partial charge in [-0.25, -0.2) is 0 Å². The maximum atomic E-state index is 10.4. The number of hydrogen-bond acceptors (Lipinski definition) is 6. The van der Waals surface area contributed by atoms with Gasteiger partial charge in [-0.05, 0) is 55.8 Å². The Bertz CT molecular complexity index is 829. The molecule has 0 saturated carbocycles. The summed E-state index contributed by atoms with van der Waals surface area (Å²) in [5, 5.41) is 30.6. The number of nitrogens with zero attached hydrogens (tertiary/aromatic N) is 3. The average Bonchev–Trinajstić information content (AvgIpc) is 3.18. The number of H-pyrrole nitrogens is 1. The summed E-state index contributed by atoms with van der Waals surface area (Å²) in [7, 11) is 0. The Kier molecular flexibility index (Phi) is 4.67. The van der Waals surface area contributed by atoms with Gasteiger partial charge in [-0.1, -0.05) is 6.07 Å². The SMILES string of the molecule is Oc1cc(-c2cn[nH]c2)ccc1-c1ccc(SC2CCNCC2)nn1. The molecular formula is C18H19N5OS. The average molecular weight is 353 g/mol. The van der Waals surface area contributed by atoms with Gasteiger partial charge >= 0.3 is 0 Å². The van der Waals surface area contributed by atoms with Gasteiger partial charge in [0.25, 0.3) is 0 Å². The molecule has 1 aromatic carbocycles. The van der Waals surface area contributed by atoms with Crippen molar-refractivity contribution in [2.24, 2.45) is 0 Å². The van der Waals surface area contributed by atoms with E-state index >= 15 is 0 Å². The van der Waals surface area contributed by atoms with Crippen LogP contribution in [0.5, 0.6) is 5.75 Å². The third kappa shape index (κ3) is 3.67. The maximum absolute atomic E-state index is 10.4. The summed E-state index contributed by atoms with van der Waals surface area (Å²) < 4.78 is 0. The van der Waals surface area contributed by atoms with Crippen LogP contribution in [0.15, 0.2) is 47.8 Å². The first-order valence-corrected chi connectivity index (χ1v) is 9.21. The lowest BCUT2D eigenvalue weighted by Gasteiger charge is -2.21. The van der Waals surface area contributed by atoms with Gasteiger partial charge in [0.2, 0.25) is 0 Å². The zero-order chi connectivity index (χ0) is 17.1. The van der Waals surface area contributed by atoms with E-state index in [4.69, 9.17) is 0 Å². The highest BCUT2D eigenvalue weighted by molar-refractivity contribution is 7.99. The van der Waals surface area contributed by atoms with Crippen LogP contribution in [-0.2, 0) is 0 Å². The molecule has 128 valence electrons. The molecule has 1 fully saturated rings. The zero-order valence-electron chi connectivity index (χ0n) is 13.6. The molecular weight excluding hydrogens is 334 g/mol. The first-order valence-electron chi connectivity index (χ1n) is 8.33. The van der Waals surface area contributed by atoms with Crippen LogP contribution in [0.4, 0.5) is 0 Å². The Morgan fingerprint density at radius 3 is 2.60 bits per heavy atom. The highest BCUT2D eigenvalue weighted by atomic mass is 32.2. The van der Waals surface area contributed by atoms with Crippen LogP contribution < -0.4 is 5.32 Å². The van der Waals surface area contributed by atoms with Crippen LogP contribution in [0.2, 0.25) is 0 Å². The predicted molar refractivity (Wildman–Crippen MR) is 98.5 cm³/mol. The topological polar surface area (TPSA) is 86.7 Å². The van der Waals surface area contributed by atoms with Crippen LogP contribution in [0.3, 0.4) is 0 Å². The van der Waals surface area contributed by atoms with Crippen molar-refractivity contribution in [3.8, 4) is 28.1 Å². The molecule has 4 rings (SSSR count). The molecule has 7 heteroatoms. The van der Waals surface area contributed by atoms with Crippen molar-refractivity contribution in [1.29, 1.82) is 0 Å². The maximum Gasteiger partial charge on any atom is 0.125 e. The van der Waals surface area contributed by atoms with E-state index in [-0.39, 0.29) is 5.75 Å². The minimum atomic E-state index is 0.187. The number of phenolic OH excluding ortho intramolecular Hbond substituents is 1. The number of phenols is 1. The molecule has 6 nitrogen and oxygen atoms in total. The lowest BCUT2D eigenvalue weighted by atomic mass is 10.0. The number of aromatic nitrogens is 4. The molecule has 1 aliphatic rings. The van der Waals surface area contributed by atoms with Crippen molar-refractivity contribution >= 4 is 11.8 Å². The standard InChI is InChI=1S/C18H19N5OS/c24-17-9-12(13-10-20-21-11-13)1-2-15(17)16-3-4-18(23-22-16)25-14-5-7-19-8-6-14/h1-4,9-11,14,19,24H,5-8H2,(H,20,21). The van der Waals surface area contributed by atoms with Crippen molar-refractivity contribution in [3.05, 3.63) is 42.7 Å². The first-order chi connectivity index (χ1) is 12.3. The van der Waals surface area contributed by atoms with Crippen LogP contribution in [0.25, 0.3) is 22.4 Å². The third-order valence-electron chi connectivity index (χ3n) is 4.32. The van der Waals surface area contributed by atoms with Crippen molar-refractivity contribution in [2.75, 3.05) is 13.1 Å². The number of rotatable bonds is 4. The van der Waals surface area contributed by atoms with E-state index < -0.39 is 0 Å². The van der Waals surface area contributed by atoms with Crippen molar-refractivity contribution in [3.63, 3.8) is 0 Å². The molecule has 2 aromatic heterocycles. The molecule has 0 spiro atoms. The highest BCUT2D eigenvalue weighted by Gasteiger charge is 2.15. The normalized spacial score (nSPS) is 15.4. The Morgan fingerprint density at radius 2 is 1.92 bits per heavy atom. The number of aromatic hydroxyl groups is 1. The van der Waals surface area contributed by atoms with Crippen LogP contribution in [0.1, 0.15) is 12.8 Å². The van der Waals surface area contributed by atoms with E-state index in [0.717, 1.165) is 42.1 Å². The molecule has 1 aliphatic heterocycles. The monoisotopic (exact) mass is 353 g/mol. The number of thioether (sulfide) groups is 1. The summed E-state index contributed by atoms with van der Waals surface area (Å²) in [5.74, 6) is 0.187. The van der Waals surface area contributed by atoms with Crippen LogP contribution in [-0.4, -0.2) is 43.8 Å². The van der Waals surface area contributed by atoms with Gasteiger partial charge in [-0.3, -0.25) is 5.10 Å². The van der Waals surface area contributed by atoms with Gasteiger partial charge in [0.1, 0.15) is 10.8 Å². The summed E-state index contributed by atoms with van der Waals surface area (Å²) in [6, 6.07) is 9.43. The van der Waals surface area contributed by atoms with Gasteiger partial charge in [-0.2, -0.15) is 5.10 Å². The second kappa shape index (κ2) is 7.25. The fourth-order valence-electron chi connectivity index (χ4n) is 2.95. The molecule has 0 atom stereocenters. The Labute approximate surface area is 150 Å². The highest BCUT2D eigenvalue weighted by Crippen LogP contribution is 2.33. The lowest BCUT2D eigenvalue weighted by Crippen LogP contribution is -2.29. The molecule has 0 radical (unpaired) electrons. The zero-order valence-corrected chi connectivity index (χ0v) is 14.5. The summed E-state index contributed by atoms with van der Waals surface area (Å²) >= 11 is 1.79. The molecule has 3 N–H and O–H groups in total. The van der Waals surface area contributed by atoms with Gasteiger partial charge in [0.15, 0.2) is 0 Å². The van der Waals surface area contributed by atoms with E-state index in [1.807, 2.05) is 24.3 Å². The summed E-state index contributed by atoms with van der Waals surface area (Å²) in [6.45, 7) is 2.14. The molecule has 0 aliphatic carbocycles. The van der Waals surface area contributed by atoms with Crippen molar-refractivity contribution in [2.45, 2.75) is 23.1 Å². The number of benzene rings is 1. The van der Waals surface area contributed by atoms with Crippen LogP contribution in [0, 0.1) is 0 Å². The molecule has 0 bridgehead atoms. The number of hydrogen-bond donors (Lipinski definition) is 3.